The molecule has 0 bridgehead atoms. The summed E-state index contributed by atoms with van der Waals surface area (Å²) in [5, 5.41) is 3.81. The third-order valence-electron chi connectivity index (χ3n) is 6.64. The summed E-state index contributed by atoms with van der Waals surface area (Å²) in [6, 6.07) is 8.56. The normalized spacial score (nSPS) is 17.9. The number of rotatable bonds is 7. The Morgan fingerprint density at radius 2 is 1.95 bits per heavy atom. The maximum absolute atomic E-state index is 13.9. The summed E-state index contributed by atoms with van der Waals surface area (Å²) in [5.41, 5.74) is 1.93. The van der Waals surface area contributed by atoms with E-state index in [2.05, 4.69) is 5.10 Å². The summed E-state index contributed by atoms with van der Waals surface area (Å²) in [4.78, 5) is 42.8. The van der Waals surface area contributed by atoms with Gasteiger partial charge in [0.25, 0.3) is 17.2 Å². The molecular weight excluding hydrogens is 515 g/mol. The Bertz CT molecular complexity index is 1480. The van der Waals surface area contributed by atoms with Crippen molar-refractivity contribution in [2.24, 2.45) is 0 Å². The van der Waals surface area contributed by atoms with Crippen LogP contribution < -0.4 is 10.1 Å². The minimum atomic E-state index is -0.501. The van der Waals surface area contributed by atoms with Crippen LogP contribution in [-0.2, 0) is 20.7 Å². The number of H-pyrrole nitrogens is 1. The first kappa shape index (κ1) is 25.4. The molecule has 1 atom stereocenters. The Labute approximate surface area is 224 Å². The molecule has 37 heavy (non-hydrogen) atoms. The molecule has 8 nitrogen and oxygen atoms in total. The number of hydrogen-bond acceptors (Lipinski definition) is 4. The van der Waals surface area contributed by atoms with Gasteiger partial charge in [-0.15, -0.1) is 0 Å². The molecule has 0 spiro atoms. The average Bonchev–Trinajstić information content (AvgIpc) is 3.55. The van der Waals surface area contributed by atoms with Gasteiger partial charge in [-0.05, 0) is 50.5 Å². The van der Waals surface area contributed by atoms with Gasteiger partial charge in [-0.2, -0.15) is 4.57 Å². The summed E-state index contributed by atoms with van der Waals surface area (Å²) in [5.74, 6) is -0.950. The molecule has 1 saturated heterocycles. The van der Waals surface area contributed by atoms with Crippen LogP contribution in [0.3, 0.4) is 0 Å². The number of aryl methyl sites for hydroxylation is 2. The topological polar surface area (TPSA) is 88.3 Å². The first-order chi connectivity index (χ1) is 17.8. The van der Waals surface area contributed by atoms with Crippen LogP contribution in [0.5, 0.6) is 0 Å². The van der Waals surface area contributed by atoms with Crippen molar-refractivity contribution in [2.75, 3.05) is 13.2 Å². The number of hydrogen-bond donors (Lipinski definition) is 1. The number of aromatic amines is 1. The van der Waals surface area contributed by atoms with E-state index in [0.717, 1.165) is 24.8 Å². The molecule has 192 valence electrons. The average molecular weight is 542 g/mol. The first-order valence-electron chi connectivity index (χ1n) is 12.3. The third-order valence-corrected chi connectivity index (χ3v) is 7.38. The van der Waals surface area contributed by atoms with Gasteiger partial charge in [0.15, 0.2) is 12.4 Å². The summed E-state index contributed by atoms with van der Waals surface area (Å²) >= 11 is 12.3. The third kappa shape index (κ3) is 4.65. The van der Waals surface area contributed by atoms with Gasteiger partial charge in [0.05, 0.1) is 33.9 Å². The van der Waals surface area contributed by atoms with E-state index in [-0.39, 0.29) is 29.5 Å². The van der Waals surface area contributed by atoms with E-state index in [0.29, 0.717) is 34.5 Å². The highest BCUT2D eigenvalue weighted by molar-refractivity contribution is 6.44. The molecule has 5 rings (SSSR count). The van der Waals surface area contributed by atoms with Gasteiger partial charge in [0.2, 0.25) is 0 Å². The number of pyridine rings is 1. The molecule has 2 aliphatic heterocycles. The standard InChI is InChI=1S/C27H26Cl2N4O4/c1-3-6-21-22(26(35)33(30-21)17-9-10-19(28)20(29)13-17)23-24(31-11-4-7-16(2)14-31)27(36)32(25(23)34)15-18-8-5-12-37-18/h4,7,9-11,13-14,18H,3,5-6,8,12,15H2,1-2H3/p+1/t18-/m1/s1. The highest BCUT2D eigenvalue weighted by Gasteiger charge is 2.48. The molecule has 2 aliphatic rings. The second-order valence-electron chi connectivity index (χ2n) is 9.32. The summed E-state index contributed by atoms with van der Waals surface area (Å²) in [6.07, 6.45) is 6.15. The zero-order chi connectivity index (χ0) is 26.3. The number of aromatic nitrogens is 3. The van der Waals surface area contributed by atoms with Crippen molar-refractivity contribution in [2.45, 2.75) is 45.6 Å². The predicted octanol–water partition coefficient (Wildman–Crippen LogP) is 3.94. The molecule has 0 unspecified atom stereocenters. The first-order valence-corrected chi connectivity index (χ1v) is 13.1. The molecule has 2 amide bonds. The second-order valence-corrected chi connectivity index (χ2v) is 10.1. The Kier molecular flexibility index (Phi) is 7.07. The van der Waals surface area contributed by atoms with Crippen molar-refractivity contribution in [3.8, 4) is 5.69 Å². The lowest BCUT2D eigenvalue weighted by Gasteiger charge is -2.18. The highest BCUT2D eigenvalue weighted by Crippen LogP contribution is 2.32. The Hall–Kier alpha value is -3.20. The quantitative estimate of drug-likeness (QED) is 0.362. The lowest BCUT2D eigenvalue weighted by atomic mass is 10.0. The molecule has 0 aliphatic carbocycles. The molecule has 1 N–H and O–H groups in total. The van der Waals surface area contributed by atoms with E-state index in [9.17, 15) is 14.4 Å². The number of amides is 2. The number of benzene rings is 1. The van der Waals surface area contributed by atoms with Crippen LogP contribution in [0.2, 0.25) is 10.0 Å². The number of carbonyl (C=O) groups excluding carboxylic acids is 2. The number of halogens is 2. The van der Waals surface area contributed by atoms with Crippen molar-refractivity contribution in [1.82, 2.24) is 14.7 Å². The molecule has 3 aromatic rings. The molecule has 1 fully saturated rings. The van der Waals surface area contributed by atoms with E-state index in [1.54, 1.807) is 41.2 Å². The van der Waals surface area contributed by atoms with Crippen LogP contribution in [0.4, 0.5) is 0 Å². The van der Waals surface area contributed by atoms with Crippen molar-refractivity contribution in [3.05, 3.63) is 79.9 Å². The van der Waals surface area contributed by atoms with Crippen LogP contribution >= 0.6 is 23.2 Å². The van der Waals surface area contributed by atoms with Crippen LogP contribution in [0, 0.1) is 6.92 Å². The van der Waals surface area contributed by atoms with Crippen LogP contribution in [0.15, 0.2) is 47.5 Å². The summed E-state index contributed by atoms with van der Waals surface area (Å²) in [7, 11) is 0. The van der Waals surface area contributed by atoms with Gasteiger partial charge in [0.1, 0.15) is 5.57 Å². The van der Waals surface area contributed by atoms with Gasteiger partial charge < -0.3 is 4.74 Å². The fourth-order valence-corrected chi connectivity index (χ4v) is 5.19. The second kappa shape index (κ2) is 10.3. The van der Waals surface area contributed by atoms with E-state index in [1.807, 2.05) is 19.9 Å². The van der Waals surface area contributed by atoms with Crippen LogP contribution in [0.25, 0.3) is 17.0 Å². The van der Waals surface area contributed by atoms with E-state index >= 15 is 0 Å². The lowest BCUT2D eigenvalue weighted by molar-refractivity contribution is -0.577. The molecule has 0 saturated carbocycles. The monoisotopic (exact) mass is 541 g/mol. The van der Waals surface area contributed by atoms with E-state index in [1.165, 1.54) is 9.58 Å². The molecule has 10 heteroatoms. The smallest absolute Gasteiger partial charge is 0.327 e. The maximum Gasteiger partial charge on any atom is 0.327 e. The fourth-order valence-electron chi connectivity index (χ4n) is 4.90. The summed E-state index contributed by atoms with van der Waals surface area (Å²) in [6.45, 7) is 4.63. The Balaban J connectivity index is 1.72. The minimum Gasteiger partial charge on any atom is -0.376 e. The maximum atomic E-state index is 13.9. The minimum absolute atomic E-state index is 0.0853. The molecule has 2 aromatic heterocycles. The van der Waals surface area contributed by atoms with Crippen molar-refractivity contribution < 1.29 is 18.9 Å². The highest BCUT2D eigenvalue weighted by atomic mass is 35.5. The van der Waals surface area contributed by atoms with E-state index in [4.69, 9.17) is 27.9 Å². The summed E-state index contributed by atoms with van der Waals surface area (Å²) < 4.78 is 8.69. The number of carbonyl (C=O) groups is 2. The number of nitrogens with one attached hydrogen (secondary N) is 1. The largest absolute Gasteiger partial charge is 0.376 e. The van der Waals surface area contributed by atoms with Crippen LogP contribution in [0.1, 0.15) is 43.0 Å². The van der Waals surface area contributed by atoms with E-state index < -0.39 is 17.4 Å². The zero-order valence-electron chi connectivity index (χ0n) is 20.6. The Morgan fingerprint density at radius 3 is 2.62 bits per heavy atom. The van der Waals surface area contributed by atoms with Gasteiger partial charge in [-0.3, -0.25) is 24.4 Å². The van der Waals surface area contributed by atoms with Gasteiger partial charge in [0, 0.05) is 23.9 Å². The van der Waals surface area contributed by atoms with Crippen LogP contribution in [-0.4, -0.2) is 45.8 Å². The lowest BCUT2D eigenvalue weighted by Crippen LogP contribution is -2.42. The van der Waals surface area contributed by atoms with Gasteiger partial charge in [-0.25, -0.2) is 4.68 Å². The predicted molar refractivity (Wildman–Crippen MR) is 141 cm³/mol. The van der Waals surface area contributed by atoms with Gasteiger partial charge in [-0.1, -0.05) is 36.5 Å². The molecular formula is C27H27Cl2N4O4+. The number of nitrogens with zero attached hydrogens (tertiary/aromatic N) is 3. The zero-order valence-corrected chi connectivity index (χ0v) is 22.1. The molecule has 1 aromatic carbocycles. The van der Waals surface area contributed by atoms with Crippen molar-refractivity contribution in [1.29, 1.82) is 0 Å². The number of ether oxygens (including phenoxy) is 1. The Morgan fingerprint density at radius 1 is 1.14 bits per heavy atom. The van der Waals surface area contributed by atoms with Gasteiger partial charge >= 0.3 is 5.91 Å². The van der Waals surface area contributed by atoms with Crippen molar-refractivity contribution in [3.63, 3.8) is 0 Å². The molecule has 4 heterocycles. The van der Waals surface area contributed by atoms with Crippen molar-refractivity contribution >= 4 is 46.3 Å². The SMILES string of the molecule is CCCc1[nH]n(-c2ccc(Cl)c(Cl)c2)c(=O)c1C1=C([n+]2cccc(C)c2)C(=O)N(C[C@H]2CCCO2)C1=O. The fraction of sp³-hybridized carbons (Fsp3) is 0.333. The molecule has 0 radical (unpaired) electrons. The number of imide groups is 1.